The number of methoxy groups -OCH3 is 1. The molecule has 0 aliphatic heterocycles. The molecule has 2 N–H and O–H groups in total. The molecule has 0 bridgehead atoms. The van der Waals surface area contributed by atoms with Crippen LogP contribution in [0.25, 0.3) is 0 Å². The topological polar surface area (TPSA) is 80.8 Å². The number of ether oxygens (including phenoxy) is 1. The van der Waals surface area contributed by atoms with E-state index in [2.05, 4.69) is 16.7 Å². The van der Waals surface area contributed by atoms with Gasteiger partial charge in [0.1, 0.15) is 5.75 Å². The van der Waals surface area contributed by atoms with E-state index in [9.17, 15) is 4.79 Å². The van der Waals surface area contributed by atoms with E-state index in [1.165, 1.54) is 11.8 Å². The van der Waals surface area contributed by atoms with Crippen molar-refractivity contribution in [3.05, 3.63) is 101 Å². The fraction of sp³-hybridized carbons (Fsp3) is 0.160. The van der Waals surface area contributed by atoms with Crippen molar-refractivity contribution in [2.24, 2.45) is 10.9 Å². The molecule has 0 amide bonds. The fourth-order valence-electron chi connectivity index (χ4n) is 3.30. The molecule has 0 saturated heterocycles. The van der Waals surface area contributed by atoms with Crippen LogP contribution in [0.3, 0.4) is 0 Å². The number of anilines is 1. The SMILES string of the molecule is C=C(SCC(=O)c1ccc(C)cc1C)N(/C(=N\N)c1ccncc1)c1ccc(OC)cc1. The van der Waals surface area contributed by atoms with E-state index in [1.54, 1.807) is 19.5 Å². The maximum Gasteiger partial charge on any atom is 0.173 e. The summed E-state index contributed by atoms with van der Waals surface area (Å²) in [7, 11) is 1.62. The summed E-state index contributed by atoms with van der Waals surface area (Å²) in [6, 6.07) is 17.0. The number of hydrogen-bond acceptors (Lipinski definition) is 6. The first kappa shape index (κ1) is 23.1. The molecule has 0 saturated carbocycles. The summed E-state index contributed by atoms with van der Waals surface area (Å²) >= 11 is 1.34. The van der Waals surface area contributed by atoms with Crippen LogP contribution in [0.4, 0.5) is 5.69 Å². The number of nitrogens with zero attached hydrogens (tertiary/aromatic N) is 3. The van der Waals surface area contributed by atoms with Gasteiger partial charge in [-0.25, -0.2) is 0 Å². The molecular weight excluding hydrogens is 420 g/mol. The summed E-state index contributed by atoms with van der Waals surface area (Å²) in [4.78, 5) is 18.8. The minimum absolute atomic E-state index is 0.0403. The zero-order valence-corrected chi connectivity index (χ0v) is 19.2. The van der Waals surface area contributed by atoms with Crippen molar-refractivity contribution in [2.75, 3.05) is 17.8 Å². The van der Waals surface area contributed by atoms with Crippen molar-refractivity contribution >= 4 is 29.1 Å². The number of nitrogens with two attached hydrogens (primary N) is 1. The Morgan fingerprint density at radius 3 is 2.41 bits per heavy atom. The quantitative estimate of drug-likeness (QED) is 0.174. The molecule has 1 heterocycles. The highest BCUT2D eigenvalue weighted by Gasteiger charge is 2.21. The Hall–Kier alpha value is -3.58. The van der Waals surface area contributed by atoms with Crippen LogP contribution in [-0.4, -0.2) is 29.5 Å². The van der Waals surface area contributed by atoms with Gasteiger partial charge in [0.05, 0.1) is 17.9 Å². The number of benzene rings is 2. The zero-order valence-electron chi connectivity index (χ0n) is 18.4. The second-order valence-corrected chi connectivity index (χ2v) is 8.19. The first-order valence-electron chi connectivity index (χ1n) is 9.99. The first-order valence-corrected chi connectivity index (χ1v) is 11.0. The molecule has 0 fully saturated rings. The number of carbonyl (C=O) groups excluding carboxylic acids is 1. The van der Waals surface area contributed by atoms with Gasteiger partial charge >= 0.3 is 0 Å². The predicted octanol–water partition coefficient (Wildman–Crippen LogP) is 4.92. The summed E-state index contributed by atoms with van der Waals surface area (Å²) in [6.45, 7) is 8.19. The van der Waals surface area contributed by atoms with Gasteiger partial charge < -0.3 is 10.6 Å². The van der Waals surface area contributed by atoms with Gasteiger partial charge in [-0.05, 0) is 55.8 Å². The molecule has 32 heavy (non-hydrogen) atoms. The van der Waals surface area contributed by atoms with Crippen LogP contribution in [0, 0.1) is 13.8 Å². The number of thioether (sulfide) groups is 1. The molecule has 0 aliphatic rings. The van der Waals surface area contributed by atoms with Crippen molar-refractivity contribution < 1.29 is 9.53 Å². The maximum absolute atomic E-state index is 12.9. The summed E-state index contributed by atoms with van der Waals surface area (Å²) in [5.74, 6) is 7.31. The van der Waals surface area contributed by atoms with Crippen LogP contribution in [-0.2, 0) is 0 Å². The lowest BCUT2D eigenvalue weighted by Crippen LogP contribution is -2.31. The molecule has 0 radical (unpaired) electrons. The summed E-state index contributed by atoms with van der Waals surface area (Å²) in [6.07, 6.45) is 3.35. The number of Topliss-reactive ketones (excluding diaryl/α,β-unsaturated/α-hetero) is 1. The number of amidine groups is 1. The number of aromatic nitrogens is 1. The molecule has 2 aromatic carbocycles. The van der Waals surface area contributed by atoms with Crippen LogP contribution in [0.5, 0.6) is 5.75 Å². The number of ketones is 1. The van der Waals surface area contributed by atoms with E-state index in [0.717, 1.165) is 28.1 Å². The summed E-state index contributed by atoms with van der Waals surface area (Å²) < 4.78 is 5.27. The van der Waals surface area contributed by atoms with Gasteiger partial charge in [0.15, 0.2) is 11.6 Å². The lowest BCUT2D eigenvalue weighted by Gasteiger charge is -2.27. The van der Waals surface area contributed by atoms with Crippen LogP contribution in [0.1, 0.15) is 27.0 Å². The highest BCUT2D eigenvalue weighted by molar-refractivity contribution is 8.03. The standard InChI is InChI=1S/C25H26N4O2S/c1-17-5-10-23(18(2)15-17)24(30)16-32-19(3)29(21-6-8-22(31-4)9-7-21)25(28-26)20-11-13-27-14-12-20/h5-15H,3,16,26H2,1-2,4H3/b28-25-. The molecule has 0 aliphatic carbocycles. The van der Waals surface area contributed by atoms with Crippen LogP contribution < -0.4 is 15.5 Å². The molecular formula is C25H26N4O2S. The maximum atomic E-state index is 12.9. The highest BCUT2D eigenvalue weighted by Crippen LogP contribution is 2.30. The van der Waals surface area contributed by atoms with E-state index in [0.29, 0.717) is 16.4 Å². The van der Waals surface area contributed by atoms with Gasteiger partial charge in [-0.3, -0.25) is 14.7 Å². The number of pyridine rings is 1. The molecule has 6 nitrogen and oxygen atoms in total. The number of hydrogen-bond donors (Lipinski definition) is 1. The van der Waals surface area contributed by atoms with Gasteiger partial charge in [-0.2, -0.15) is 5.10 Å². The van der Waals surface area contributed by atoms with Crippen molar-refractivity contribution in [3.8, 4) is 5.75 Å². The third-order valence-corrected chi connectivity index (χ3v) is 5.83. The Labute approximate surface area is 192 Å². The Morgan fingerprint density at radius 2 is 1.81 bits per heavy atom. The van der Waals surface area contributed by atoms with Crippen molar-refractivity contribution in [2.45, 2.75) is 13.8 Å². The number of hydrazone groups is 1. The second-order valence-electron chi connectivity index (χ2n) is 7.15. The number of carbonyl (C=O) groups is 1. The molecule has 0 spiro atoms. The van der Waals surface area contributed by atoms with Gasteiger partial charge in [0.2, 0.25) is 0 Å². The average Bonchev–Trinajstić information content (AvgIpc) is 2.81. The van der Waals surface area contributed by atoms with Gasteiger partial charge in [-0.1, -0.05) is 30.3 Å². The number of aryl methyl sites for hydroxylation is 2. The largest absolute Gasteiger partial charge is 0.497 e. The minimum Gasteiger partial charge on any atom is -0.497 e. The van der Waals surface area contributed by atoms with Crippen molar-refractivity contribution in [1.29, 1.82) is 0 Å². The first-order chi connectivity index (χ1) is 15.4. The molecule has 164 valence electrons. The Balaban J connectivity index is 1.88. The third kappa shape index (κ3) is 5.36. The lowest BCUT2D eigenvalue weighted by atomic mass is 10.0. The van der Waals surface area contributed by atoms with Gasteiger partial charge in [-0.15, -0.1) is 11.8 Å². The average molecular weight is 447 g/mol. The number of rotatable bonds is 8. The van der Waals surface area contributed by atoms with Crippen molar-refractivity contribution in [3.63, 3.8) is 0 Å². The van der Waals surface area contributed by atoms with Crippen LogP contribution in [0.15, 0.2) is 83.7 Å². The van der Waals surface area contributed by atoms with E-state index in [1.807, 2.05) is 73.3 Å². The molecule has 1 aromatic heterocycles. The van der Waals surface area contributed by atoms with Gasteiger partial charge in [0.25, 0.3) is 0 Å². The molecule has 0 atom stereocenters. The molecule has 3 rings (SSSR count). The smallest absolute Gasteiger partial charge is 0.173 e. The fourth-order valence-corrected chi connectivity index (χ4v) is 4.07. The third-order valence-electron chi connectivity index (χ3n) is 4.90. The monoisotopic (exact) mass is 446 g/mol. The molecule has 7 heteroatoms. The van der Waals surface area contributed by atoms with E-state index in [-0.39, 0.29) is 11.5 Å². The van der Waals surface area contributed by atoms with E-state index < -0.39 is 0 Å². The Kier molecular flexibility index (Phi) is 7.68. The summed E-state index contributed by atoms with van der Waals surface area (Å²) in [5.41, 5.74) is 4.38. The van der Waals surface area contributed by atoms with E-state index >= 15 is 0 Å². The van der Waals surface area contributed by atoms with Crippen LogP contribution in [0.2, 0.25) is 0 Å². The van der Waals surface area contributed by atoms with Gasteiger partial charge in [0, 0.05) is 29.2 Å². The zero-order chi connectivity index (χ0) is 23.1. The highest BCUT2D eigenvalue weighted by atomic mass is 32.2. The Bertz CT molecular complexity index is 1130. The second kappa shape index (κ2) is 10.6. The molecule has 0 unspecified atom stereocenters. The minimum atomic E-state index is 0.0403. The Morgan fingerprint density at radius 1 is 1.12 bits per heavy atom. The predicted molar refractivity (Wildman–Crippen MR) is 132 cm³/mol. The van der Waals surface area contributed by atoms with E-state index in [4.69, 9.17) is 10.6 Å². The normalized spacial score (nSPS) is 11.2. The van der Waals surface area contributed by atoms with Crippen LogP contribution >= 0.6 is 11.8 Å². The lowest BCUT2D eigenvalue weighted by molar-refractivity contribution is 0.102. The summed E-state index contributed by atoms with van der Waals surface area (Å²) in [5, 5.41) is 4.65. The molecule has 3 aromatic rings. The van der Waals surface area contributed by atoms with Crippen molar-refractivity contribution in [1.82, 2.24) is 4.98 Å².